The van der Waals surface area contributed by atoms with E-state index in [-0.39, 0.29) is 11.8 Å². The predicted octanol–water partition coefficient (Wildman–Crippen LogP) is 2.69. The Kier molecular flexibility index (Phi) is 5.81. The monoisotopic (exact) mass is 539 g/mol. The molecule has 3 saturated heterocycles. The molecule has 6 heterocycles. The normalized spacial score (nSPS) is 24.6. The van der Waals surface area contributed by atoms with Gasteiger partial charge >= 0.3 is 0 Å². The number of nitrogens with zero attached hydrogens (tertiary/aromatic N) is 7. The Morgan fingerprint density at radius 3 is 2.48 bits per heavy atom. The predicted molar refractivity (Wildman–Crippen MR) is 155 cm³/mol. The van der Waals surface area contributed by atoms with Crippen molar-refractivity contribution in [2.75, 3.05) is 67.5 Å². The fourth-order valence-electron chi connectivity index (χ4n) is 7.56. The minimum atomic E-state index is 0.214. The van der Waals surface area contributed by atoms with E-state index >= 15 is 0 Å². The van der Waals surface area contributed by atoms with E-state index in [4.69, 9.17) is 9.97 Å². The van der Waals surface area contributed by atoms with Crippen LogP contribution in [0.4, 0.5) is 17.5 Å². The van der Waals surface area contributed by atoms with Crippen molar-refractivity contribution in [3.05, 3.63) is 48.3 Å². The molecule has 4 aliphatic heterocycles. The topological polar surface area (TPSA) is 106 Å². The van der Waals surface area contributed by atoms with Crippen molar-refractivity contribution in [2.24, 2.45) is 5.41 Å². The van der Waals surface area contributed by atoms with Crippen LogP contribution in [0.25, 0.3) is 11.3 Å². The van der Waals surface area contributed by atoms with Gasteiger partial charge in [-0.2, -0.15) is 0 Å². The minimum absolute atomic E-state index is 0.214. The van der Waals surface area contributed by atoms with E-state index in [0.29, 0.717) is 22.6 Å². The summed E-state index contributed by atoms with van der Waals surface area (Å²) in [5.41, 5.74) is 4.35. The third kappa shape index (κ3) is 4.16. The van der Waals surface area contributed by atoms with Gasteiger partial charge in [-0.05, 0) is 73.9 Å². The van der Waals surface area contributed by atoms with Crippen LogP contribution in [0, 0.1) is 5.41 Å². The lowest BCUT2D eigenvalue weighted by atomic mass is 9.61. The second-order valence-electron chi connectivity index (χ2n) is 12.4. The molecular weight excluding hydrogens is 502 g/mol. The van der Waals surface area contributed by atoms with Gasteiger partial charge in [-0.15, -0.1) is 10.2 Å². The van der Waals surface area contributed by atoms with Gasteiger partial charge in [0.2, 0.25) is 5.95 Å². The van der Waals surface area contributed by atoms with Crippen LogP contribution in [0.3, 0.4) is 0 Å². The molecule has 0 unspecified atom stereocenters. The summed E-state index contributed by atoms with van der Waals surface area (Å²) in [6, 6.07) is 10.4. The first-order valence-corrected chi connectivity index (χ1v) is 14.8. The number of benzene rings is 1. The van der Waals surface area contributed by atoms with E-state index in [1.807, 2.05) is 24.3 Å². The van der Waals surface area contributed by atoms with Crippen LogP contribution >= 0.6 is 0 Å². The molecule has 1 saturated carbocycles. The number of piperidine rings is 1. The molecule has 10 heteroatoms. The lowest BCUT2D eigenvalue weighted by molar-refractivity contribution is -0.0432. The lowest BCUT2D eigenvalue weighted by Gasteiger charge is -2.58. The third-order valence-electron chi connectivity index (χ3n) is 10.0. The van der Waals surface area contributed by atoms with Crippen LogP contribution in [-0.2, 0) is 0 Å². The molecule has 8 rings (SSSR count). The summed E-state index contributed by atoms with van der Waals surface area (Å²) in [5.74, 6) is 2.40. The van der Waals surface area contributed by atoms with Crippen LogP contribution in [0.2, 0.25) is 0 Å². The molecule has 4 fully saturated rings. The second kappa shape index (κ2) is 9.55. The molecule has 0 radical (unpaired) electrons. The zero-order chi connectivity index (χ0) is 26.7. The van der Waals surface area contributed by atoms with Crippen LogP contribution in [0.15, 0.2) is 42.7 Å². The maximum absolute atomic E-state index is 10.3. The number of nitrogens with one attached hydrogen (secondary N) is 2. The number of piperazine rings is 1. The number of fused-ring (bicyclic) bond motifs is 3. The quantitative estimate of drug-likeness (QED) is 0.458. The molecule has 1 aromatic carbocycles. The van der Waals surface area contributed by atoms with Crippen LogP contribution in [0.1, 0.15) is 37.2 Å². The molecule has 1 spiro atoms. The molecule has 40 heavy (non-hydrogen) atoms. The average molecular weight is 540 g/mol. The first-order valence-electron chi connectivity index (χ1n) is 14.8. The number of hydrogen-bond donors (Lipinski definition) is 3. The minimum Gasteiger partial charge on any atom is -0.507 e. The van der Waals surface area contributed by atoms with E-state index in [2.05, 4.69) is 47.9 Å². The smallest absolute Gasteiger partial charge is 0.225 e. The molecular formula is C30H37N9O. The summed E-state index contributed by atoms with van der Waals surface area (Å²) in [6.45, 7) is 8.22. The maximum Gasteiger partial charge on any atom is 0.225 e. The standard InChI is InChI=1S/C30H37N9O/c40-27-4-2-1-3-24(27)25-11-26-28(36-35-25)32-16-23-17-38(9-10-39(23)26)29-33-14-21(15-34-29)20-5-7-37(8-6-20)22-12-30(13-22)18-31-19-30/h1-4,11,14-15,20,22-23,31,40H,5-10,12-13,16-19H2,(H,32,36)/t23-/m0/s1. The molecule has 0 bridgehead atoms. The number of aromatic nitrogens is 4. The number of para-hydroxylation sites is 1. The molecule has 3 N–H and O–H groups in total. The van der Waals surface area contributed by atoms with Crippen molar-refractivity contribution in [3.8, 4) is 17.0 Å². The van der Waals surface area contributed by atoms with Gasteiger partial charge in [-0.1, -0.05) is 12.1 Å². The van der Waals surface area contributed by atoms with Gasteiger partial charge in [0.1, 0.15) is 5.75 Å². The summed E-state index contributed by atoms with van der Waals surface area (Å²) in [7, 11) is 0. The van der Waals surface area contributed by atoms with E-state index in [1.54, 1.807) is 6.07 Å². The summed E-state index contributed by atoms with van der Waals surface area (Å²) in [4.78, 5) is 17.1. The van der Waals surface area contributed by atoms with E-state index in [1.165, 1.54) is 57.4 Å². The Balaban J connectivity index is 0.902. The van der Waals surface area contributed by atoms with Gasteiger partial charge in [0.15, 0.2) is 5.82 Å². The Bertz CT molecular complexity index is 1380. The molecule has 0 amide bonds. The van der Waals surface area contributed by atoms with Crippen molar-refractivity contribution in [1.29, 1.82) is 0 Å². The highest BCUT2D eigenvalue weighted by Gasteiger charge is 2.50. The van der Waals surface area contributed by atoms with Crippen molar-refractivity contribution in [1.82, 2.24) is 30.4 Å². The molecule has 1 atom stereocenters. The number of hydrogen-bond acceptors (Lipinski definition) is 10. The van der Waals surface area contributed by atoms with E-state index in [9.17, 15) is 5.11 Å². The van der Waals surface area contributed by atoms with Crippen molar-refractivity contribution < 1.29 is 5.11 Å². The van der Waals surface area contributed by atoms with Crippen molar-refractivity contribution in [2.45, 2.75) is 43.7 Å². The highest BCUT2D eigenvalue weighted by Crippen LogP contribution is 2.47. The zero-order valence-electron chi connectivity index (χ0n) is 22.8. The summed E-state index contributed by atoms with van der Waals surface area (Å²) in [6.07, 6.45) is 9.36. The highest BCUT2D eigenvalue weighted by atomic mass is 16.3. The van der Waals surface area contributed by atoms with Crippen LogP contribution < -0.4 is 20.4 Å². The number of anilines is 3. The molecule has 3 aromatic rings. The van der Waals surface area contributed by atoms with Crippen molar-refractivity contribution >= 4 is 17.5 Å². The SMILES string of the molecule is Oc1ccccc1-c1cc2c(nn1)NC[C@H]1CN(c3ncc(C4CCN(C5CC6(CNC6)C5)CC4)cn3)CCN21. The Morgan fingerprint density at radius 2 is 1.73 bits per heavy atom. The number of phenols is 1. The molecule has 5 aliphatic rings. The van der Waals surface area contributed by atoms with Crippen LogP contribution in [-0.4, -0.2) is 94.6 Å². The van der Waals surface area contributed by atoms with Gasteiger partial charge in [0.05, 0.1) is 17.4 Å². The Labute approximate surface area is 234 Å². The summed E-state index contributed by atoms with van der Waals surface area (Å²) >= 11 is 0. The van der Waals surface area contributed by atoms with Gasteiger partial charge in [0.25, 0.3) is 0 Å². The third-order valence-corrected chi connectivity index (χ3v) is 10.0. The fourth-order valence-corrected chi connectivity index (χ4v) is 7.56. The van der Waals surface area contributed by atoms with Gasteiger partial charge in [-0.25, -0.2) is 9.97 Å². The number of rotatable bonds is 4. The lowest BCUT2D eigenvalue weighted by Crippen LogP contribution is -2.65. The highest BCUT2D eigenvalue weighted by molar-refractivity contribution is 5.76. The first kappa shape index (κ1) is 24.3. The Hall–Kier alpha value is -3.50. The largest absolute Gasteiger partial charge is 0.507 e. The van der Waals surface area contributed by atoms with Gasteiger partial charge in [-0.3, -0.25) is 0 Å². The van der Waals surface area contributed by atoms with Crippen LogP contribution in [0.5, 0.6) is 5.75 Å². The first-order chi connectivity index (χ1) is 19.6. The van der Waals surface area contributed by atoms with Gasteiger partial charge in [0, 0.05) is 63.3 Å². The maximum atomic E-state index is 10.3. The molecule has 1 aliphatic carbocycles. The van der Waals surface area contributed by atoms with Crippen molar-refractivity contribution in [3.63, 3.8) is 0 Å². The average Bonchev–Trinajstić information content (AvgIpc) is 2.96. The molecule has 2 aromatic heterocycles. The van der Waals surface area contributed by atoms with E-state index in [0.717, 1.165) is 49.7 Å². The summed E-state index contributed by atoms with van der Waals surface area (Å²) < 4.78 is 0. The molecule has 208 valence electrons. The van der Waals surface area contributed by atoms with E-state index < -0.39 is 0 Å². The number of phenolic OH excluding ortho intramolecular Hbond substituents is 1. The number of aromatic hydroxyl groups is 1. The molecule has 10 nitrogen and oxygen atoms in total. The van der Waals surface area contributed by atoms with Gasteiger partial charge < -0.3 is 30.4 Å². The summed E-state index contributed by atoms with van der Waals surface area (Å²) in [5, 5.41) is 26.0. The Morgan fingerprint density at radius 1 is 0.925 bits per heavy atom. The number of likely N-dealkylation sites (tertiary alicyclic amines) is 1. The fraction of sp³-hybridized carbons (Fsp3) is 0.533. The second-order valence-corrected chi connectivity index (χ2v) is 12.4. The zero-order valence-corrected chi connectivity index (χ0v) is 22.8.